The molecule has 0 aliphatic heterocycles. The molecule has 0 bridgehead atoms. The summed E-state index contributed by atoms with van der Waals surface area (Å²) in [4.78, 5) is 23.6. The van der Waals surface area contributed by atoms with Crippen molar-refractivity contribution in [2.75, 3.05) is 14.1 Å². The number of carbonyl (C=O) groups excluding carboxylic acids is 1. The third-order valence-corrected chi connectivity index (χ3v) is 7.71. The molecule has 10 heteroatoms. The largest absolute Gasteiger partial charge is 0.454 e. The molecule has 9 nitrogen and oxygen atoms in total. The van der Waals surface area contributed by atoms with Crippen LogP contribution in [-0.4, -0.2) is 61.6 Å². The van der Waals surface area contributed by atoms with Crippen LogP contribution in [0.1, 0.15) is 48.5 Å². The molecular weight excluding hydrogens is 562 g/mol. The minimum absolute atomic E-state index is 0.313. The van der Waals surface area contributed by atoms with E-state index >= 15 is 0 Å². The number of halogens is 1. The van der Waals surface area contributed by atoms with E-state index in [-0.39, 0.29) is 5.97 Å². The summed E-state index contributed by atoms with van der Waals surface area (Å²) >= 11 is 6.68. The number of rotatable bonds is 13. The number of nitrogens with one attached hydrogen (secondary N) is 2. The summed E-state index contributed by atoms with van der Waals surface area (Å²) in [5.41, 5.74) is 5.38. The standard InChI is InChI=1S/C33H36ClN7O2/c1-4-5-16-29-35-30(31(34)36-29)28(43-33(42)27(41(2)3)20-22-12-8-6-9-13-22)21-23-17-18-25(24-14-10-7-11-15-24)26(19-23)32-37-39-40-38-32/h6-15,17-19,27-28H,4-5,16,20-21H2,1-3H3,(H,35,36)(H,37,38,39,40)/t27-,28-/m0/s1. The molecule has 5 aromatic rings. The quantitative estimate of drug-likeness (QED) is 0.154. The van der Waals surface area contributed by atoms with Crippen LogP contribution < -0.4 is 0 Å². The molecule has 0 unspecified atom stereocenters. The van der Waals surface area contributed by atoms with E-state index in [2.05, 4.69) is 37.5 Å². The van der Waals surface area contributed by atoms with Gasteiger partial charge in [-0.05, 0) is 60.5 Å². The molecule has 0 aliphatic rings. The molecule has 0 saturated carbocycles. The highest BCUT2D eigenvalue weighted by molar-refractivity contribution is 6.30. The average molecular weight is 598 g/mol. The lowest BCUT2D eigenvalue weighted by molar-refractivity contribution is -0.155. The lowest BCUT2D eigenvalue weighted by Gasteiger charge is -2.26. The second kappa shape index (κ2) is 14.2. The van der Waals surface area contributed by atoms with Crippen molar-refractivity contribution in [1.82, 2.24) is 35.5 Å². The van der Waals surface area contributed by atoms with Gasteiger partial charge in [-0.1, -0.05) is 97.7 Å². The van der Waals surface area contributed by atoms with Crippen LogP contribution in [0.4, 0.5) is 0 Å². The summed E-state index contributed by atoms with van der Waals surface area (Å²) in [6.07, 6.45) is 2.96. The maximum absolute atomic E-state index is 13.8. The summed E-state index contributed by atoms with van der Waals surface area (Å²) in [5, 5.41) is 15.2. The Bertz CT molecular complexity index is 1610. The van der Waals surface area contributed by atoms with Crippen LogP contribution in [0.3, 0.4) is 0 Å². The molecule has 2 heterocycles. The molecule has 0 fully saturated rings. The van der Waals surface area contributed by atoms with Gasteiger partial charge in [0.05, 0.1) is 5.69 Å². The van der Waals surface area contributed by atoms with Crippen molar-refractivity contribution >= 4 is 17.6 Å². The number of H-pyrrole nitrogens is 2. The zero-order chi connectivity index (χ0) is 30.2. The number of imidazole rings is 1. The number of unbranched alkanes of at least 4 members (excludes halogenated alkanes) is 1. The number of aromatic amines is 2. The number of hydrogen-bond acceptors (Lipinski definition) is 7. The zero-order valence-corrected chi connectivity index (χ0v) is 25.4. The minimum Gasteiger partial charge on any atom is -0.454 e. The molecule has 2 N–H and O–H groups in total. The summed E-state index contributed by atoms with van der Waals surface area (Å²) in [7, 11) is 3.77. The van der Waals surface area contributed by atoms with Crippen LogP contribution in [-0.2, 0) is 28.8 Å². The molecule has 0 aliphatic carbocycles. The first kappa shape index (κ1) is 30.1. The average Bonchev–Trinajstić information content (AvgIpc) is 3.69. The van der Waals surface area contributed by atoms with Gasteiger partial charge in [-0.25, -0.2) is 4.98 Å². The molecule has 0 radical (unpaired) electrons. The van der Waals surface area contributed by atoms with E-state index in [9.17, 15) is 4.79 Å². The number of tetrazole rings is 1. The lowest BCUT2D eigenvalue weighted by Crippen LogP contribution is -2.39. The highest BCUT2D eigenvalue weighted by atomic mass is 35.5. The van der Waals surface area contributed by atoms with E-state index in [0.717, 1.165) is 52.9 Å². The predicted octanol–water partition coefficient (Wildman–Crippen LogP) is 6.25. The number of hydrogen-bond donors (Lipinski definition) is 2. The summed E-state index contributed by atoms with van der Waals surface area (Å²) < 4.78 is 6.29. The molecule has 0 spiro atoms. The van der Waals surface area contributed by atoms with Crippen LogP contribution >= 0.6 is 11.6 Å². The number of carbonyl (C=O) groups is 1. The number of likely N-dealkylation sites (N-methyl/N-ethyl adjacent to an activating group) is 1. The normalized spacial score (nSPS) is 12.8. The second-order valence-corrected chi connectivity index (χ2v) is 11.1. The molecular formula is C33H36ClN7O2. The summed E-state index contributed by atoms with van der Waals surface area (Å²) in [5.74, 6) is 0.924. The van der Waals surface area contributed by atoms with Gasteiger partial charge in [0.1, 0.15) is 18.0 Å². The number of aromatic nitrogens is 6. The maximum atomic E-state index is 13.8. The molecule has 3 aromatic carbocycles. The Morgan fingerprint density at radius 1 is 0.953 bits per heavy atom. The molecule has 222 valence electrons. The van der Waals surface area contributed by atoms with Gasteiger partial charge in [0.2, 0.25) is 5.82 Å². The number of aryl methyl sites for hydroxylation is 1. The molecule has 5 rings (SSSR count). The topological polar surface area (TPSA) is 113 Å². The van der Waals surface area contributed by atoms with E-state index in [1.807, 2.05) is 97.9 Å². The van der Waals surface area contributed by atoms with Crippen molar-refractivity contribution in [2.45, 2.75) is 51.2 Å². The third-order valence-electron chi connectivity index (χ3n) is 7.43. The lowest BCUT2D eigenvalue weighted by atomic mass is 9.95. The Morgan fingerprint density at radius 3 is 2.37 bits per heavy atom. The SMILES string of the molecule is CCCCc1nc(Cl)c([C@H](Cc2ccc(-c3ccccc3)c(-c3nn[nH]n3)c2)OC(=O)[C@H](Cc2ccccc2)N(C)C)[nH]1. The Hall–Kier alpha value is -4.34. The van der Waals surface area contributed by atoms with Crippen molar-refractivity contribution in [2.24, 2.45) is 0 Å². The molecule has 43 heavy (non-hydrogen) atoms. The number of esters is 1. The first-order valence-electron chi connectivity index (χ1n) is 14.5. The fraction of sp³-hybridized carbons (Fsp3) is 0.303. The fourth-order valence-electron chi connectivity index (χ4n) is 5.09. The maximum Gasteiger partial charge on any atom is 0.324 e. The Morgan fingerprint density at radius 2 is 1.70 bits per heavy atom. The van der Waals surface area contributed by atoms with Gasteiger partial charge >= 0.3 is 5.97 Å². The van der Waals surface area contributed by atoms with Crippen LogP contribution in [0.25, 0.3) is 22.5 Å². The van der Waals surface area contributed by atoms with Gasteiger partial charge < -0.3 is 9.72 Å². The van der Waals surface area contributed by atoms with Crippen LogP contribution in [0.2, 0.25) is 5.15 Å². The molecule has 0 saturated heterocycles. The van der Waals surface area contributed by atoms with Crippen LogP contribution in [0, 0.1) is 0 Å². The number of benzene rings is 3. The van der Waals surface area contributed by atoms with E-state index < -0.39 is 12.1 Å². The van der Waals surface area contributed by atoms with Gasteiger partial charge in [0, 0.05) is 18.4 Å². The fourth-order valence-corrected chi connectivity index (χ4v) is 5.36. The first-order valence-corrected chi connectivity index (χ1v) is 14.9. The molecule has 2 atom stereocenters. The van der Waals surface area contributed by atoms with Gasteiger partial charge in [0.15, 0.2) is 5.15 Å². The smallest absolute Gasteiger partial charge is 0.324 e. The first-order chi connectivity index (χ1) is 20.9. The molecule has 2 aromatic heterocycles. The Balaban J connectivity index is 1.49. The van der Waals surface area contributed by atoms with Gasteiger partial charge in [-0.15, -0.1) is 10.2 Å². The third kappa shape index (κ3) is 7.55. The minimum atomic E-state index is -0.693. The van der Waals surface area contributed by atoms with Gasteiger partial charge in [-0.2, -0.15) is 5.21 Å². The monoisotopic (exact) mass is 597 g/mol. The van der Waals surface area contributed by atoms with Gasteiger partial charge in [0.25, 0.3) is 0 Å². The van der Waals surface area contributed by atoms with E-state index in [0.29, 0.717) is 29.5 Å². The Labute approximate surface area is 256 Å². The van der Waals surface area contributed by atoms with Crippen LogP contribution in [0.15, 0.2) is 78.9 Å². The van der Waals surface area contributed by atoms with E-state index in [1.165, 1.54) is 0 Å². The van der Waals surface area contributed by atoms with Crippen LogP contribution in [0.5, 0.6) is 0 Å². The predicted molar refractivity (Wildman–Crippen MR) is 167 cm³/mol. The highest BCUT2D eigenvalue weighted by Gasteiger charge is 2.30. The molecule has 0 amide bonds. The number of ether oxygens (including phenoxy) is 1. The van der Waals surface area contributed by atoms with Crippen molar-refractivity contribution in [3.63, 3.8) is 0 Å². The van der Waals surface area contributed by atoms with Gasteiger partial charge in [-0.3, -0.25) is 9.69 Å². The highest BCUT2D eigenvalue weighted by Crippen LogP contribution is 2.34. The summed E-state index contributed by atoms with van der Waals surface area (Å²) in [6.45, 7) is 2.13. The second-order valence-electron chi connectivity index (χ2n) is 10.8. The van der Waals surface area contributed by atoms with Crippen molar-refractivity contribution in [1.29, 1.82) is 0 Å². The van der Waals surface area contributed by atoms with E-state index in [4.69, 9.17) is 16.3 Å². The summed E-state index contributed by atoms with van der Waals surface area (Å²) in [6, 6.07) is 25.6. The zero-order valence-electron chi connectivity index (χ0n) is 24.6. The van der Waals surface area contributed by atoms with Crippen molar-refractivity contribution in [3.05, 3.63) is 107 Å². The number of nitrogens with zero attached hydrogens (tertiary/aromatic N) is 5. The Kier molecular flexibility index (Phi) is 9.96. The van der Waals surface area contributed by atoms with Crippen molar-refractivity contribution in [3.8, 4) is 22.5 Å². The van der Waals surface area contributed by atoms with Crippen molar-refractivity contribution < 1.29 is 9.53 Å². The van der Waals surface area contributed by atoms with E-state index in [1.54, 1.807) is 0 Å².